The van der Waals surface area contributed by atoms with Crippen molar-refractivity contribution < 1.29 is 14.3 Å². The van der Waals surface area contributed by atoms with E-state index in [2.05, 4.69) is 27.7 Å². The summed E-state index contributed by atoms with van der Waals surface area (Å²) in [5, 5.41) is 14.0. The first-order valence-corrected chi connectivity index (χ1v) is 11.9. The van der Waals surface area contributed by atoms with Crippen molar-refractivity contribution in [3.8, 4) is 6.07 Å². The molecule has 1 fully saturated rings. The molecule has 3 N–H and O–H groups in total. The first-order chi connectivity index (χ1) is 16.0. The van der Waals surface area contributed by atoms with Gasteiger partial charge in [-0.05, 0) is 42.0 Å². The maximum absolute atomic E-state index is 12.9. The maximum Gasteiger partial charge on any atom is 0.249 e. The third-order valence-corrected chi connectivity index (χ3v) is 6.69. The molecule has 2 amide bonds. The average molecular weight is 470 g/mol. The summed E-state index contributed by atoms with van der Waals surface area (Å²) in [5.41, 5.74) is 7.30. The lowest BCUT2D eigenvalue weighted by Gasteiger charge is -2.42. The number of piperidine rings is 1. The molecule has 0 radical (unpaired) electrons. The van der Waals surface area contributed by atoms with Gasteiger partial charge in [-0.25, -0.2) is 0 Å². The van der Waals surface area contributed by atoms with Gasteiger partial charge in [0.2, 0.25) is 11.8 Å². The largest absolute Gasteiger partial charge is 0.375 e. The van der Waals surface area contributed by atoms with Gasteiger partial charge in [0.25, 0.3) is 0 Å². The molecule has 1 aliphatic rings. The summed E-state index contributed by atoms with van der Waals surface area (Å²) in [6, 6.07) is 13.5. The van der Waals surface area contributed by atoms with Crippen LogP contribution in [0.2, 0.25) is 0 Å². The number of hydrogen-bond acceptors (Lipinski definition) is 7. The Balaban J connectivity index is 1.81. The van der Waals surface area contributed by atoms with Gasteiger partial charge in [-0.2, -0.15) is 5.26 Å². The second-order valence-corrected chi connectivity index (χ2v) is 9.12. The van der Waals surface area contributed by atoms with Gasteiger partial charge in [-0.1, -0.05) is 18.2 Å². The summed E-state index contributed by atoms with van der Waals surface area (Å²) in [6.07, 6.45) is 1.30. The molecule has 3 rings (SSSR count). The Hall–Kier alpha value is -2.77. The Bertz CT molecular complexity index is 942. The van der Waals surface area contributed by atoms with E-state index in [1.54, 1.807) is 16.2 Å². The van der Waals surface area contributed by atoms with Crippen LogP contribution in [-0.2, 0) is 27.4 Å². The van der Waals surface area contributed by atoms with Gasteiger partial charge in [0.15, 0.2) is 0 Å². The number of nitrogens with zero attached hydrogens (tertiary/aromatic N) is 3. The van der Waals surface area contributed by atoms with Gasteiger partial charge < -0.3 is 20.7 Å². The molecule has 0 bridgehead atoms. The molecule has 0 aliphatic carbocycles. The highest BCUT2D eigenvalue weighted by molar-refractivity contribution is 7.09. The number of benzene rings is 1. The van der Waals surface area contributed by atoms with Crippen molar-refractivity contribution in [3.63, 3.8) is 0 Å². The Morgan fingerprint density at radius 1 is 1.30 bits per heavy atom. The summed E-state index contributed by atoms with van der Waals surface area (Å²) < 4.78 is 5.03. The molecule has 1 aliphatic heterocycles. The quantitative estimate of drug-likeness (QED) is 0.548. The minimum atomic E-state index is -0.565. The Morgan fingerprint density at radius 3 is 2.73 bits per heavy atom. The smallest absolute Gasteiger partial charge is 0.249 e. The monoisotopic (exact) mass is 469 g/mol. The van der Waals surface area contributed by atoms with E-state index >= 15 is 0 Å². The van der Waals surface area contributed by atoms with Crippen LogP contribution in [0.15, 0.2) is 41.8 Å². The van der Waals surface area contributed by atoms with Crippen molar-refractivity contribution >= 4 is 23.2 Å². The number of hydrogen-bond donors (Lipinski definition) is 2. The molecule has 2 atom stereocenters. The third kappa shape index (κ3) is 6.85. The van der Waals surface area contributed by atoms with Gasteiger partial charge in [-0.15, -0.1) is 11.3 Å². The molecular weight excluding hydrogens is 438 g/mol. The number of nitrogens with one attached hydrogen (secondary N) is 1. The predicted octanol–water partition coefficient (Wildman–Crippen LogP) is 1.70. The SMILES string of the molecule is COCC(=O)N1CCC(N(Cc2ccc(C#N)cc2)Cc2cccs2)C[C@@H]1C(=O)NCCN. The van der Waals surface area contributed by atoms with E-state index in [0.717, 1.165) is 18.5 Å². The molecule has 2 aromatic rings. The maximum atomic E-state index is 12.9. The molecule has 8 nitrogen and oxygen atoms in total. The van der Waals surface area contributed by atoms with Gasteiger partial charge in [0.1, 0.15) is 12.6 Å². The van der Waals surface area contributed by atoms with E-state index in [1.807, 2.05) is 30.3 Å². The zero-order chi connectivity index (χ0) is 23.6. The van der Waals surface area contributed by atoms with Crippen molar-refractivity contribution in [2.75, 3.05) is 33.4 Å². The van der Waals surface area contributed by atoms with Crippen LogP contribution in [-0.4, -0.2) is 67.0 Å². The van der Waals surface area contributed by atoms with Crippen LogP contribution < -0.4 is 11.1 Å². The van der Waals surface area contributed by atoms with Crippen LogP contribution in [0.25, 0.3) is 0 Å². The topological polar surface area (TPSA) is 112 Å². The summed E-state index contributed by atoms with van der Waals surface area (Å²) in [7, 11) is 1.48. The Labute approximate surface area is 198 Å². The molecule has 33 heavy (non-hydrogen) atoms. The van der Waals surface area contributed by atoms with Crippen molar-refractivity contribution in [1.82, 2.24) is 15.1 Å². The Kier molecular flexibility index (Phi) is 9.39. The van der Waals surface area contributed by atoms with Crippen LogP contribution in [0.3, 0.4) is 0 Å². The minimum Gasteiger partial charge on any atom is -0.375 e. The van der Waals surface area contributed by atoms with E-state index in [4.69, 9.17) is 15.7 Å². The first-order valence-electron chi connectivity index (χ1n) is 11.1. The molecule has 9 heteroatoms. The van der Waals surface area contributed by atoms with E-state index in [0.29, 0.717) is 38.2 Å². The standard InChI is InChI=1S/C24H31N5O3S/c1-32-17-23(30)29-11-8-20(13-22(29)24(31)27-10-9-25)28(16-21-3-2-12-33-21)15-19-6-4-18(14-26)5-7-19/h2-7,12,20,22H,8-11,13,15-17,25H2,1H3,(H,27,31)/t20?,22-/m1/s1. The van der Waals surface area contributed by atoms with Crippen molar-refractivity contribution in [3.05, 3.63) is 57.8 Å². The summed E-state index contributed by atoms with van der Waals surface area (Å²) >= 11 is 1.70. The normalized spacial score (nSPS) is 18.2. The molecule has 0 spiro atoms. The number of methoxy groups -OCH3 is 1. The van der Waals surface area contributed by atoms with E-state index < -0.39 is 6.04 Å². The second kappa shape index (κ2) is 12.5. The van der Waals surface area contributed by atoms with E-state index in [1.165, 1.54) is 12.0 Å². The second-order valence-electron chi connectivity index (χ2n) is 8.09. The molecule has 1 aromatic carbocycles. The van der Waals surface area contributed by atoms with Gasteiger partial charge in [0.05, 0.1) is 11.6 Å². The molecule has 176 valence electrons. The van der Waals surface area contributed by atoms with Gasteiger partial charge in [-0.3, -0.25) is 14.5 Å². The number of likely N-dealkylation sites (tertiary alicyclic amines) is 1. The van der Waals surface area contributed by atoms with Crippen molar-refractivity contribution in [2.24, 2.45) is 5.73 Å². The molecule has 1 unspecified atom stereocenters. The zero-order valence-corrected chi connectivity index (χ0v) is 19.7. The number of rotatable bonds is 10. The van der Waals surface area contributed by atoms with E-state index in [9.17, 15) is 9.59 Å². The lowest BCUT2D eigenvalue weighted by molar-refractivity contribution is -0.146. The fraction of sp³-hybridized carbons (Fsp3) is 0.458. The molecular formula is C24H31N5O3S. The number of ether oxygens (including phenoxy) is 1. The highest BCUT2D eigenvalue weighted by Gasteiger charge is 2.38. The Morgan fingerprint density at radius 2 is 2.09 bits per heavy atom. The van der Waals surface area contributed by atoms with Crippen LogP contribution in [0.5, 0.6) is 0 Å². The average Bonchev–Trinajstić information content (AvgIpc) is 3.35. The number of carbonyl (C=O) groups is 2. The van der Waals surface area contributed by atoms with Crippen LogP contribution >= 0.6 is 11.3 Å². The zero-order valence-electron chi connectivity index (χ0n) is 18.9. The number of thiophene rings is 1. The van der Waals surface area contributed by atoms with Crippen LogP contribution in [0.1, 0.15) is 28.8 Å². The molecule has 2 heterocycles. The fourth-order valence-electron chi connectivity index (χ4n) is 4.18. The number of nitriles is 1. The number of carbonyl (C=O) groups excluding carboxylic acids is 2. The van der Waals surface area contributed by atoms with Crippen LogP contribution in [0.4, 0.5) is 0 Å². The molecule has 1 aromatic heterocycles. The summed E-state index contributed by atoms with van der Waals surface area (Å²) in [4.78, 5) is 30.8. The minimum absolute atomic E-state index is 0.0461. The third-order valence-electron chi connectivity index (χ3n) is 5.83. The number of amides is 2. The van der Waals surface area contributed by atoms with Gasteiger partial charge in [0, 0.05) is 50.8 Å². The van der Waals surface area contributed by atoms with Crippen molar-refractivity contribution in [1.29, 1.82) is 5.26 Å². The molecule has 1 saturated heterocycles. The first kappa shape index (κ1) is 24.9. The predicted molar refractivity (Wildman–Crippen MR) is 127 cm³/mol. The van der Waals surface area contributed by atoms with Crippen molar-refractivity contribution in [2.45, 2.75) is 38.0 Å². The van der Waals surface area contributed by atoms with E-state index in [-0.39, 0.29) is 24.5 Å². The lowest BCUT2D eigenvalue weighted by Crippen LogP contribution is -2.58. The highest BCUT2D eigenvalue weighted by atomic mass is 32.1. The highest BCUT2D eigenvalue weighted by Crippen LogP contribution is 2.27. The summed E-state index contributed by atoms with van der Waals surface area (Å²) in [6.45, 7) is 2.61. The van der Waals surface area contributed by atoms with Gasteiger partial charge >= 0.3 is 0 Å². The number of nitrogens with two attached hydrogens (primary N) is 1. The molecule has 0 saturated carbocycles. The summed E-state index contributed by atoms with van der Waals surface area (Å²) in [5.74, 6) is -0.357. The van der Waals surface area contributed by atoms with Crippen LogP contribution in [0, 0.1) is 11.3 Å². The fourth-order valence-corrected chi connectivity index (χ4v) is 4.91. The lowest BCUT2D eigenvalue weighted by atomic mass is 9.94.